The van der Waals surface area contributed by atoms with Crippen LogP contribution in [0.3, 0.4) is 0 Å². The van der Waals surface area contributed by atoms with Crippen LogP contribution in [0.4, 0.5) is 5.82 Å². The SMILES string of the molecule is Cc1[nH]ncc1CCCNc1nccc2c(Br)cccc12. The van der Waals surface area contributed by atoms with Gasteiger partial charge in [-0.2, -0.15) is 5.10 Å². The average Bonchev–Trinajstić information content (AvgIpc) is 2.90. The molecular weight excluding hydrogens is 328 g/mol. The van der Waals surface area contributed by atoms with Gasteiger partial charge in [0.25, 0.3) is 0 Å². The van der Waals surface area contributed by atoms with Crippen LogP contribution in [0.25, 0.3) is 10.8 Å². The summed E-state index contributed by atoms with van der Waals surface area (Å²) in [6.07, 6.45) is 5.81. The minimum atomic E-state index is 0.892. The summed E-state index contributed by atoms with van der Waals surface area (Å²) in [6.45, 7) is 2.95. The quantitative estimate of drug-likeness (QED) is 0.686. The van der Waals surface area contributed by atoms with E-state index in [0.29, 0.717) is 0 Å². The maximum absolute atomic E-state index is 4.45. The van der Waals surface area contributed by atoms with Gasteiger partial charge in [0.2, 0.25) is 0 Å². The Hall–Kier alpha value is -1.88. The van der Waals surface area contributed by atoms with Gasteiger partial charge in [0.05, 0.1) is 6.20 Å². The fourth-order valence-electron chi connectivity index (χ4n) is 2.42. The number of pyridine rings is 1. The number of anilines is 1. The third kappa shape index (κ3) is 3.08. The van der Waals surface area contributed by atoms with Crippen LogP contribution in [0, 0.1) is 6.92 Å². The van der Waals surface area contributed by atoms with Gasteiger partial charge in [-0.05, 0) is 37.5 Å². The molecule has 2 N–H and O–H groups in total. The molecule has 0 aliphatic heterocycles. The Morgan fingerprint density at radius 1 is 1.24 bits per heavy atom. The summed E-state index contributed by atoms with van der Waals surface area (Å²) in [6, 6.07) is 8.21. The van der Waals surface area contributed by atoms with Crippen molar-refractivity contribution in [3.63, 3.8) is 0 Å². The molecule has 1 aromatic carbocycles. The minimum absolute atomic E-state index is 0.892. The number of H-pyrrole nitrogens is 1. The lowest BCUT2D eigenvalue weighted by molar-refractivity contribution is 0.854. The number of nitrogens with zero attached hydrogens (tertiary/aromatic N) is 2. The molecule has 108 valence electrons. The van der Waals surface area contributed by atoms with Crippen LogP contribution < -0.4 is 5.32 Å². The zero-order valence-electron chi connectivity index (χ0n) is 11.9. The second kappa shape index (κ2) is 6.26. The molecule has 0 fully saturated rings. The first-order chi connectivity index (χ1) is 10.3. The maximum Gasteiger partial charge on any atom is 0.133 e. The smallest absolute Gasteiger partial charge is 0.133 e. The first-order valence-corrected chi connectivity index (χ1v) is 7.81. The lowest BCUT2D eigenvalue weighted by Gasteiger charge is -2.09. The van der Waals surface area contributed by atoms with Gasteiger partial charge in [0.15, 0.2) is 0 Å². The number of nitrogens with one attached hydrogen (secondary N) is 2. The van der Waals surface area contributed by atoms with Crippen LogP contribution in [0.2, 0.25) is 0 Å². The molecule has 0 amide bonds. The van der Waals surface area contributed by atoms with Gasteiger partial charge in [-0.1, -0.05) is 28.1 Å². The number of aromatic amines is 1. The largest absolute Gasteiger partial charge is 0.370 e. The van der Waals surface area contributed by atoms with E-state index in [1.807, 2.05) is 30.6 Å². The molecular formula is C16H17BrN4. The third-order valence-corrected chi connectivity index (χ3v) is 4.29. The number of benzene rings is 1. The van der Waals surface area contributed by atoms with Crippen molar-refractivity contribution in [1.29, 1.82) is 0 Å². The van der Waals surface area contributed by atoms with E-state index in [0.717, 1.165) is 40.8 Å². The number of aromatic nitrogens is 3. The van der Waals surface area contributed by atoms with E-state index < -0.39 is 0 Å². The summed E-state index contributed by atoms with van der Waals surface area (Å²) in [4.78, 5) is 4.45. The van der Waals surface area contributed by atoms with Crippen molar-refractivity contribution in [1.82, 2.24) is 15.2 Å². The molecule has 0 radical (unpaired) electrons. The van der Waals surface area contributed by atoms with Crippen molar-refractivity contribution in [2.75, 3.05) is 11.9 Å². The van der Waals surface area contributed by atoms with E-state index in [9.17, 15) is 0 Å². The van der Waals surface area contributed by atoms with Gasteiger partial charge in [-0.15, -0.1) is 0 Å². The number of hydrogen-bond donors (Lipinski definition) is 2. The fourth-order valence-corrected chi connectivity index (χ4v) is 2.92. The highest BCUT2D eigenvalue weighted by Gasteiger charge is 2.04. The normalized spacial score (nSPS) is 11.0. The van der Waals surface area contributed by atoms with Gasteiger partial charge in [0.1, 0.15) is 5.82 Å². The molecule has 0 aliphatic carbocycles. The number of fused-ring (bicyclic) bond motifs is 1. The Morgan fingerprint density at radius 3 is 2.95 bits per heavy atom. The Bertz CT molecular complexity index is 751. The van der Waals surface area contributed by atoms with Crippen molar-refractivity contribution < 1.29 is 0 Å². The van der Waals surface area contributed by atoms with Gasteiger partial charge < -0.3 is 5.32 Å². The monoisotopic (exact) mass is 344 g/mol. The highest BCUT2D eigenvalue weighted by molar-refractivity contribution is 9.10. The molecule has 2 aromatic heterocycles. The molecule has 4 nitrogen and oxygen atoms in total. The Kier molecular flexibility index (Phi) is 4.20. The van der Waals surface area contributed by atoms with Crippen LogP contribution in [0.15, 0.2) is 41.1 Å². The van der Waals surface area contributed by atoms with Crippen molar-refractivity contribution in [2.45, 2.75) is 19.8 Å². The van der Waals surface area contributed by atoms with E-state index in [2.05, 4.69) is 49.4 Å². The van der Waals surface area contributed by atoms with Gasteiger partial charge in [-0.25, -0.2) is 4.98 Å². The second-order valence-electron chi connectivity index (χ2n) is 5.05. The number of hydrogen-bond acceptors (Lipinski definition) is 3. The molecule has 3 rings (SSSR count). The van der Waals surface area contributed by atoms with Crippen LogP contribution in [0.5, 0.6) is 0 Å². The number of aryl methyl sites for hydroxylation is 2. The Labute approximate surface area is 132 Å². The van der Waals surface area contributed by atoms with Crippen molar-refractivity contribution in [2.24, 2.45) is 0 Å². The number of halogens is 1. The molecule has 21 heavy (non-hydrogen) atoms. The molecule has 0 spiro atoms. The van der Waals surface area contributed by atoms with Crippen LogP contribution in [-0.2, 0) is 6.42 Å². The maximum atomic E-state index is 4.45. The summed E-state index contributed by atoms with van der Waals surface area (Å²) in [5, 5.41) is 12.8. The summed E-state index contributed by atoms with van der Waals surface area (Å²) in [5.74, 6) is 0.942. The summed E-state index contributed by atoms with van der Waals surface area (Å²) < 4.78 is 1.10. The zero-order valence-corrected chi connectivity index (χ0v) is 13.4. The van der Waals surface area contributed by atoms with Crippen molar-refractivity contribution in [3.05, 3.63) is 52.4 Å². The summed E-state index contributed by atoms with van der Waals surface area (Å²) >= 11 is 3.58. The molecule has 2 heterocycles. The highest BCUT2D eigenvalue weighted by atomic mass is 79.9. The first kappa shape index (κ1) is 14.1. The molecule has 0 unspecified atom stereocenters. The third-order valence-electron chi connectivity index (χ3n) is 3.60. The van der Waals surface area contributed by atoms with E-state index in [1.165, 1.54) is 10.9 Å². The second-order valence-corrected chi connectivity index (χ2v) is 5.90. The fraction of sp³-hybridized carbons (Fsp3) is 0.250. The molecule has 3 aromatic rings. The summed E-state index contributed by atoms with van der Waals surface area (Å²) in [5.41, 5.74) is 2.44. The van der Waals surface area contributed by atoms with Gasteiger partial charge in [0, 0.05) is 33.7 Å². The standard InChI is InChI=1S/C16H17BrN4/c1-11-12(10-20-21-11)4-3-8-18-16-14-5-2-6-15(17)13(14)7-9-19-16/h2,5-7,9-10H,3-4,8H2,1H3,(H,18,19)(H,20,21). The molecule has 0 bridgehead atoms. The molecule has 0 aliphatic rings. The van der Waals surface area contributed by atoms with Gasteiger partial charge >= 0.3 is 0 Å². The Morgan fingerprint density at radius 2 is 2.14 bits per heavy atom. The van der Waals surface area contributed by atoms with Crippen molar-refractivity contribution in [3.8, 4) is 0 Å². The van der Waals surface area contributed by atoms with Gasteiger partial charge in [-0.3, -0.25) is 5.10 Å². The van der Waals surface area contributed by atoms with Crippen LogP contribution in [-0.4, -0.2) is 21.7 Å². The van der Waals surface area contributed by atoms with Crippen LogP contribution in [0.1, 0.15) is 17.7 Å². The lowest BCUT2D eigenvalue weighted by Crippen LogP contribution is -2.05. The highest BCUT2D eigenvalue weighted by Crippen LogP contribution is 2.27. The summed E-state index contributed by atoms with van der Waals surface area (Å²) in [7, 11) is 0. The van der Waals surface area contributed by atoms with E-state index in [-0.39, 0.29) is 0 Å². The van der Waals surface area contributed by atoms with E-state index in [1.54, 1.807) is 0 Å². The zero-order chi connectivity index (χ0) is 14.7. The number of rotatable bonds is 5. The van der Waals surface area contributed by atoms with E-state index >= 15 is 0 Å². The predicted octanol–water partition coefficient (Wildman–Crippen LogP) is 4.07. The molecule has 0 saturated carbocycles. The topological polar surface area (TPSA) is 53.6 Å². The Balaban J connectivity index is 1.66. The van der Waals surface area contributed by atoms with Crippen LogP contribution >= 0.6 is 15.9 Å². The predicted molar refractivity (Wildman–Crippen MR) is 89.6 cm³/mol. The first-order valence-electron chi connectivity index (χ1n) is 7.01. The van der Waals surface area contributed by atoms with E-state index in [4.69, 9.17) is 0 Å². The average molecular weight is 345 g/mol. The molecule has 5 heteroatoms. The molecule has 0 saturated heterocycles. The van der Waals surface area contributed by atoms with Crippen molar-refractivity contribution >= 4 is 32.5 Å². The minimum Gasteiger partial charge on any atom is -0.370 e. The molecule has 0 atom stereocenters. The lowest BCUT2D eigenvalue weighted by atomic mass is 10.1.